The third kappa shape index (κ3) is 2.99. The van der Waals surface area contributed by atoms with Crippen LogP contribution in [0.15, 0.2) is 22.7 Å². The Bertz CT molecular complexity index is 909. The number of benzene rings is 1. The van der Waals surface area contributed by atoms with E-state index in [4.69, 9.17) is 18.9 Å². The highest BCUT2D eigenvalue weighted by Gasteiger charge is 2.23. The summed E-state index contributed by atoms with van der Waals surface area (Å²) in [6, 6.07) is 3.80. The summed E-state index contributed by atoms with van der Waals surface area (Å²) in [7, 11) is 4.63. The molecule has 0 atom stereocenters. The molecule has 0 aliphatic rings. The molecule has 9 heteroatoms. The predicted octanol–water partition coefficient (Wildman–Crippen LogP) is 4.02. The van der Waals surface area contributed by atoms with Gasteiger partial charge in [-0.15, -0.1) is 21.3 Å². The van der Waals surface area contributed by atoms with Crippen molar-refractivity contribution in [2.24, 2.45) is 5.18 Å². The van der Waals surface area contributed by atoms with Gasteiger partial charge in [-0.2, -0.15) is 0 Å². The Balaban J connectivity index is 2.21. The zero-order valence-electron chi connectivity index (χ0n) is 14.9. The second kappa shape index (κ2) is 7.71. The molecule has 2 heterocycles. The van der Waals surface area contributed by atoms with E-state index >= 15 is 0 Å². The topological polar surface area (TPSA) is 83.7 Å². The highest BCUT2D eigenvalue weighted by Crippen LogP contribution is 2.44. The first-order valence-electron chi connectivity index (χ1n) is 7.89. The van der Waals surface area contributed by atoms with E-state index in [9.17, 15) is 4.91 Å². The molecule has 3 aromatic rings. The minimum Gasteiger partial charge on any atom is -0.496 e. The van der Waals surface area contributed by atoms with E-state index in [2.05, 4.69) is 10.3 Å². The Kier molecular flexibility index (Phi) is 5.38. The average molecular weight is 377 g/mol. The summed E-state index contributed by atoms with van der Waals surface area (Å²) in [5.41, 5.74) is 2.55. The first-order chi connectivity index (χ1) is 12.7. The van der Waals surface area contributed by atoms with Gasteiger partial charge in [0.1, 0.15) is 11.5 Å². The van der Waals surface area contributed by atoms with Crippen molar-refractivity contribution in [1.82, 2.24) is 9.61 Å². The van der Waals surface area contributed by atoms with Gasteiger partial charge in [-0.25, -0.2) is 4.52 Å². The van der Waals surface area contributed by atoms with Crippen molar-refractivity contribution in [3.8, 4) is 28.6 Å². The van der Waals surface area contributed by atoms with E-state index in [0.29, 0.717) is 29.5 Å². The van der Waals surface area contributed by atoms with Gasteiger partial charge in [0.15, 0.2) is 4.83 Å². The Morgan fingerprint density at radius 2 is 1.85 bits per heavy atom. The molecule has 0 saturated carbocycles. The maximum Gasteiger partial charge on any atom is 0.264 e. The number of hydrogen-bond acceptors (Lipinski definition) is 8. The van der Waals surface area contributed by atoms with Crippen LogP contribution in [0.5, 0.6) is 17.4 Å². The zero-order chi connectivity index (χ0) is 18.7. The molecule has 1 aromatic carbocycles. The van der Waals surface area contributed by atoms with Gasteiger partial charge in [-0.3, -0.25) is 0 Å². The molecule has 0 spiro atoms. The quantitative estimate of drug-likeness (QED) is 0.551. The van der Waals surface area contributed by atoms with Gasteiger partial charge in [0.2, 0.25) is 5.69 Å². The molecular formula is C17H19N3O5S. The van der Waals surface area contributed by atoms with Gasteiger partial charge < -0.3 is 18.9 Å². The number of hydrogen-bond donors (Lipinski definition) is 0. The van der Waals surface area contributed by atoms with Crippen molar-refractivity contribution >= 4 is 21.9 Å². The summed E-state index contributed by atoms with van der Waals surface area (Å²) < 4.78 is 23.4. The number of thiazole rings is 1. The lowest BCUT2D eigenvalue weighted by Crippen LogP contribution is -2.00. The van der Waals surface area contributed by atoms with Crippen LogP contribution in [0.4, 0.5) is 5.69 Å². The Hall–Kier alpha value is -2.65. The Morgan fingerprint density at radius 3 is 2.38 bits per heavy atom. The van der Waals surface area contributed by atoms with E-state index in [1.54, 1.807) is 18.7 Å². The minimum absolute atomic E-state index is 0.176. The minimum atomic E-state index is 0.176. The highest BCUT2D eigenvalue weighted by atomic mass is 32.1. The largest absolute Gasteiger partial charge is 0.496 e. The van der Waals surface area contributed by atoms with Crippen molar-refractivity contribution in [2.75, 3.05) is 27.9 Å². The summed E-state index contributed by atoms with van der Waals surface area (Å²) in [5.74, 6) is 1.42. The molecule has 0 aliphatic carbocycles. The van der Waals surface area contributed by atoms with E-state index in [1.807, 2.05) is 24.4 Å². The second-order valence-electron chi connectivity index (χ2n) is 5.30. The molecule has 2 aromatic heterocycles. The number of ether oxygens (including phenoxy) is 4. The van der Waals surface area contributed by atoms with Crippen LogP contribution in [0.1, 0.15) is 12.5 Å². The first kappa shape index (κ1) is 18.2. The van der Waals surface area contributed by atoms with Crippen molar-refractivity contribution in [3.63, 3.8) is 0 Å². The van der Waals surface area contributed by atoms with Crippen molar-refractivity contribution in [2.45, 2.75) is 13.5 Å². The molecule has 8 nitrogen and oxygen atoms in total. The summed E-state index contributed by atoms with van der Waals surface area (Å²) in [6.45, 7) is 3.01. The van der Waals surface area contributed by atoms with E-state index in [0.717, 1.165) is 16.8 Å². The molecule has 26 heavy (non-hydrogen) atoms. The van der Waals surface area contributed by atoms with Gasteiger partial charge in [-0.05, 0) is 29.8 Å². The van der Waals surface area contributed by atoms with Crippen LogP contribution in [0.2, 0.25) is 0 Å². The molecule has 0 bridgehead atoms. The lowest BCUT2D eigenvalue weighted by atomic mass is 10.1. The van der Waals surface area contributed by atoms with Gasteiger partial charge in [0, 0.05) is 12.0 Å². The molecule has 0 radical (unpaired) electrons. The summed E-state index contributed by atoms with van der Waals surface area (Å²) >= 11 is 1.34. The molecule has 0 unspecified atom stereocenters. The summed E-state index contributed by atoms with van der Waals surface area (Å²) in [4.78, 5) is 11.8. The van der Waals surface area contributed by atoms with E-state index in [1.165, 1.54) is 18.4 Å². The SMILES string of the molecule is CCOCc1cc(OC)c(-c2csc3c(N=O)c(OC)nn23)c(OC)c1. The van der Waals surface area contributed by atoms with E-state index in [-0.39, 0.29) is 11.6 Å². The predicted molar refractivity (Wildman–Crippen MR) is 98.9 cm³/mol. The van der Waals surface area contributed by atoms with Crippen LogP contribution >= 0.6 is 11.3 Å². The van der Waals surface area contributed by atoms with Crippen LogP contribution < -0.4 is 14.2 Å². The Labute approximate surface area is 154 Å². The maximum absolute atomic E-state index is 11.2. The number of methoxy groups -OCH3 is 3. The molecule has 0 saturated heterocycles. The van der Waals surface area contributed by atoms with Gasteiger partial charge in [0.05, 0.1) is 39.2 Å². The summed E-state index contributed by atoms with van der Waals surface area (Å²) in [6.07, 6.45) is 0. The molecule has 138 valence electrons. The molecular weight excluding hydrogens is 358 g/mol. The lowest BCUT2D eigenvalue weighted by Gasteiger charge is -2.15. The van der Waals surface area contributed by atoms with Crippen LogP contribution in [-0.2, 0) is 11.3 Å². The van der Waals surface area contributed by atoms with E-state index < -0.39 is 0 Å². The third-order valence-corrected chi connectivity index (χ3v) is 4.81. The smallest absolute Gasteiger partial charge is 0.264 e. The monoisotopic (exact) mass is 377 g/mol. The van der Waals surface area contributed by atoms with Crippen LogP contribution in [-0.4, -0.2) is 37.6 Å². The number of nitroso groups, excluding NO2 is 1. The van der Waals surface area contributed by atoms with Crippen molar-refractivity contribution < 1.29 is 18.9 Å². The fourth-order valence-electron chi connectivity index (χ4n) is 2.71. The fraction of sp³-hybridized carbons (Fsp3) is 0.353. The molecule has 3 rings (SSSR count). The number of aromatic nitrogens is 2. The van der Waals surface area contributed by atoms with Crippen LogP contribution in [0.25, 0.3) is 16.1 Å². The highest BCUT2D eigenvalue weighted by molar-refractivity contribution is 7.16. The van der Waals surface area contributed by atoms with Gasteiger partial charge >= 0.3 is 0 Å². The maximum atomic E-state index is 11.2. The average Bonchev–Trinajstić information content (AvgIpc) is 3.23. The van der Waals surface area contributed by atoms with Crippen molar-refractivity contribution in [1.29, 1.82) is 0 Å². The molecule has 0 fully saturated rings. The second-order valence-corrected chi connectivity index (χ2v) is 6.16. The van der Waals surface area contributed by atoms with Crippen LogP contribution in [0.3, 0.4) is 0 Å². The normalized spacial score (nSPS) is 10.9. The van der Waals surface area contributed by atoms with Gasteiger partial charge in [-0.1, -0.05) is 0 Å². The van der Waals surface area contributed by atoms with Gasteiger partial charge in [0.25, 0.3) is 5.88 Å². The first-order valence-corrected chi connectivity index (χ1v) is 8.76. The third-order valence-electron chi connectivity index (χ3n) is 3.88. The fourth-order valence-corrected chi connectivity index (χ4v) is 3.62. The number of rotatable bonds is 8. The van der Waals surface area contributed by atoms with Crippen molar-refractivity contribution in [3.05, 3.63) is 28.0 Å². The Morgan fingerprint density at radius 1 is 1.15 bits per heavy atom. The van der Waals surface area contributed by atoms with Crippen LogP contribution in [0, 0.1) is 4.91 Å². The lowest BCUT2D eigenvalue weighted by molar-refractivity contribution is 0.133. The molecule has 0 N–H and O–H groups in total. The standard InChI is InChI=1S/C17H19N3O5S/c1-5-25-8-10-6-12(22-2)14(13(7-10)23-3)11-9-26-17-15(19-21)16(24-4)18-20(11)17/h6-7,9H,5,8H2,1-4H3. The number of fused-ring (bicyclic) bond motifs is 1. The molecule has 0 amide bonds. The summed E-state index contributed by atoms with van der Waals surface area (Å²) in [5, 5.41) is 9.25. The zero-order valence-corrected chi connectivity index (χ0v) is 15.8. The number of nitrogens with zero attached hydrogens (tertiary/aromatic N) is 3. The molecule has 0 aliphatic heterocycles.